The number of benzene rings is 3. The van der Waals surface area contributed by atoms with Gasteiger partial charge in [0.25, 0.3) is 11.6 Å². The smallest absolute Gasteiger partial charge is 0.283 e. The Balaban J connectivity index is 1.11. The van der Waals surface area contributed by atoms with Gasteiger partial charge in [-0.1, -0.05) is 48.4 Å². The molecule has 3 fully saturated rings. The zero-order valence-electron chi connectivity index (χ0n) is 23.9. The van der Waals surface area contributed by atoms with Crippen molar-refractivity contribution in [3.8, 4) is 0 Å². The average molecular weight is 656 g/mol. The Hall–Kier alpha value is -4.33. The average Bonchev–Trinajstić information content (AvgIpc) is 3.67. The Kier molecular flexibility index (Phi) is 7.76. The number of amidine groups is 1. The number of aromatic nitrogens is 1. The number of carbonyl (C=O) groups is 3. The second-order valence-electron chi connectivity index (χ2n) is 11.0. The zero-order valence-corrected chi connectivity index (χ0v) is 26.3. The van der Waals surface area contributed by atoms with Crippen LogP contribution in [0.1, 0.15) is 36.8 Å². The van der Waals surface area contributed by atoms with Crippen molar-refractivity contribution in [3.05, 3.63) is 86.8 Å². The van der Waals surface area contributed by atoms with E-state index in [2.05, 4.69) is 15.3 Å². The number of carbonyl (C=O) groups excluding carboxylic acids is 3. The van der Waals surface area contributed by atoms with E-state index in [1.807, 2.05) is 31.2 Å². The number of nitro groups is 1. The molecule has 7 rings (SSSR count). The van der Waals surface area contributed by atoms with Gasteiger partial charge in [-0.2, -0.15) is 0 Å². The lowest BCUT2D eigenvalue weighted by molar-refractivity contribution is -0.387. The number of aryl methyl sites for hydroxylation is 1. The molecule has 3 heterocycles. The van der Waals surface area contributed by atoms with Crippen LogP contribution >= 0.6 is 34.9 Å². The molecule has 1 aliphatic carbocycles. The summed E-state index contributed by atoms with van der Waals surface area (Å²) in [7, 11) is 0. The fourth-order valence-corrected chi connectivity index (χ4v) is 8.79. The number of hydrogen-bond acceptors (Lipinski definition) is 10. The van der Waals surface area contributed by atoms with Crippen LogP contribution in [0.2, 0.25) is 0 Å². The Morgan fingerprint density at radius 3 is 2.47 bits per heavy atom. The molecule has 0 unspecified atom stereocenters. The Labute approximate surface area is 270 Å². The number of nitro benzene ring substituents is 1. The molecule has 1 saturated carbocycles. The number of thiazole rings is 1. The third-order valence-corrected chi connectivity index (χ3v) is 11.1. The summed E-state index contributed by atoms with van der Waals surface area (Å²) in [6.45, 7) is 1.98. The fourth-order valence-electron chi connectivity index (χ4n) is 5.81. The van der Waals surface area contributed by atoms with Crippen LogP contribution in [0.25, 0.3) is 16.3 Å². The molecule has 45 heavy (non-hydrogen) atoms. The number of rotatable bonds is 6. The first-order valence-corrected chi connectivity index (χ1v) is 16.8. The highest BCUT2D eigenvalue weighted by atomic mass is 32.2. The number of anilines is 1. The fraction of sp³-hybridized carbons (Fsp3) is 0.219. The number of thioether (sulfide) groups is 1. The van der Waals surface area contributed by atoms with Gasteiger partial charge in [0.05, 0.1) is 48.2 Å². The molecule has 0 radical (unpaired) electrons. The molecule has 4 aromatic rings. The summed E-state index contributed by atoms with van der Waals surface area (Å²) in [5.74, 6) is -1.04. The van der Waals surface area contributed by atoms with Gasteiger partial charge >= 0.3 is 0 Å². The number of hydrogen-bond donors (Lipinski definition) is 1. The molecule has 2 saturated heterocycles. The summed E-state index contributed by atoms with van der Waals surface area (Å²) >= 11 is 3.69. The minimum atomic E-state index is -0.452. The highest BCUT2D eigenvalue weighted by Gasteiger charge is 2.48. The lowest BCUT2D eigenvalue weighted by Gasteiger charge is -2.19. The van der Waals surface area contributed by atoms with Crippen LogP contribution < -0.4 is 10.2 Å². The summed E-state index contributed by atoms with van der Waals surface area (Å²) in [5.41, 5.74) is 3.43. The van der Waals surface area contributed by atoms with Gasteiger partial charge in [-0.25, -0.2) is 9.98 Å². The first-order valence-electron chi connectivity index (χ1n) is 14.3. The molecule has 3 amide bonds. The molecule has 1 N–H and O–H groups in total. The van der Waals surface area contributed by atoms with Gasteiger partial charge in [0.1, 0.15) is 0 Å². The van der Waals surface area contributed by atoms with Crippen LogP contribution in [0.4, 0.5) is 17.1 Å². The van der Waals surface area contributed by atoms with Gasteiger partial charge < -0.3 is 5.32 Å². The van der Waals surface area contributed by atoms with Crippen LogP contribution in [0.15, 0.2) is 79.8 Å². The van der Waals surface area contributed by atoms with E-state index in [1.165, 1.54) is 45.8 Å². The lowest BCUT2D eigenvalue weighted by Crippen LogP contribution is -2.30. The van der Waals surface area contributed by atoms with Crippen LogP contribution in [0, 0.1) is 28.9 Å². The molecule has 1 aromatic heterocycles. The molecule has 13 heteroatoms. The zero-order chi connectivity index (χ0) is 31.2. The van der Waals surface area contributed by atoms with Gasteiger partial charge in [0.15, 0.2) is 9.51 Å². The number of aliphatic imine (C=N–C) groups is 1. The molecule has 3 aromatic carbocycles. The number of nitrogens with zero attached hydrogens (tertiary/aromatic N) is 4. The third kappa shape index (κ3) is 5.78. The predicted molar refractivity (Wildman–Crippen MR) is 177 cm³/mol. The molecule has 2 atom stereocenters. The van der Waals surface area contributed by atoms with Crippen molar-refractivity contribution in [1.29, 1.82) is 0 Å². The minimum absolute atomic E-state index is 0.109. The Morgan fingerprint density at radius 2 is 1.76 bits per heavy atom. The number of nitrogens with one attached hydrogen (secondary N) is 1. The second-order valence-corrected chi connectivity index (χ2v) is 14.4. The second kappa shape index (κ2) is 11.9. The predicted octanol–water partition coefficient (Wildman–Crippen LogP) is 7.24. The van der Waals surface area contributed by atoms with Crippen molar-refractivity contribution in [2.24, 2.45) is 16.8 Å². The summed E-state index contributed by atoms with van der Waals surface area (Å²) in [5, 5.41) is 15.2. The lowest BCUT2D eigenvalue weighted by atomic mass is 9.81. The van der Waals surface area contributed by atoms with Gasteiger partial charge in [0, 0.05) is 6.07 Å². The third-order valence-electron chi connectivity index (χ3n) is 8.04. The van der Waals surface area contributed by atoms with Gasteiger partial charge in [0.2, 0.25) is 11.8 Å². The molecular weight excluding hydrogens is 631 g/mol. The molecule has 226 valence electrons. The Morgan fingerprint density at radius 1 is 1.02 bits per heavy atom. The van der Waals surface area contributed by atoms with Crippen molar-refractivity contribution < 1.29 is 19.3 Å². The number of amides is 3. The molecule has 2 aliphatic heterocycles. The van der Waals surface area contributed by atoms with Gasteiger partial charge in [-0.15, -0.1) is 11.3 Å². The first-order chi connectivity index (χ1) is 21.7. The summed E-state index contributed by atoms with van der Waals surface area (Å²) < 4.78 is 1.37. The van der Waals surface area contributed by atoms with E-state index in [9.17, 15) is 24.5 Å². The van der Waals surface area contributed by atoms with E-state index in [0.29, 0.717) is 41.8 Å². The van der Waals surface area contributed by atoms with Crippen molar-refractivity contribution in [3.63, 3.8) is 0 Å². The van der Waals surface area contributed by atoms with Crippen molar-refractivity contribution in [1.82, 2.24) is 10.3 Å². The SMILES string of the molecule is Cc1ccc(N=C2NC(=O)/C(=C/c3ccc(Sc4nc5ccc(N6C(=O)[C@@H]7CCCC[C@H]7C6=O)cc5s4)c([N+](=O)[O-])c3)S2)cc1. The molecule has 0 spiro atoms. The largest absolute Gasteiger partial charge is 0.300 e. The Bertz CT molecular complexity index is 1950. The molecule has 0 bridgehead atoms. The van der Waals surface area contributed by atoms with Crippen LogP contribution in [-0.2, 0) is 14.4 Å². The maximum Gasteiger partial charge on any atom is 0.283 e. The standard InChI is InChI=1S/C32H25N5O5S3/c1-17-6-9-19(10-7-17)33-31-35-28(38)27(43-31)15-18-8-13-25(24(14-18)37(41)42)44-32-34-23-12-11-20(16-26(23)45-32)36-29(39)21-4-2-3-5-22(21)30(36)40/h6-16,21-22H,2-5H2,1H3,(H,33,35,38)/b27-15-/t21-,22-/m1/s1. The first kappa shape index (κ1) is 29.4. The molecule has 10 nitrogen and oxygen atoms in total. The topological polar surface area (TPSA) is 135 Å². The number of imide groups is 1. The van der Waals surface area contributed by atoms with Crippen LogP contribution in [0.3, 0.4) is 0 Å². The van der Waals surface area contributed by atoms with E-state index in [0.717, 1.165) is 35.9 Å². The van der Waals surface area contributed by atoms with Crippen molar-refractivity contribution in [2.75, 3.05) is 4.90 Å². The summed E-state index contributed by atoms with van der Waals surface area (Å²) in [6.07, 6.45) is 5.03. The van der Waals surface area contributed by atoms with Crippen molar-refractivity contribution >= 4 is 91.1 Å². The van der Waals surface area contributed by atoms with Gasteiger partial charge in [-0.05, 0) is 79.6 Å². The maximum absolute atomic E-state index is 13.1. The summed E-state index contributed by atoms with van der Waals surface area (Å²) in [6, 6.07) is 17.7. The quantitative estimate of drug-likeness (QED) is 0.0995. The van der Waals surface area contributed by atoms with E-state index < -0.39 is 4.92 Å². The van der Waals surface area contributed by atoms with Gasteiger partial charge in [-0.3, -0.25) is 29.4 Å². The highest BCUT2D eigenvalue weighted by Crippen LogP contribution is 2.43. The van der Waals surface area contributed by atoms with E-state index in [4.69, 9.17) is 0 Å². The van der Waals surface area contributed by atoms with Crippen LogP contribution in [-0.4, -0.2) is 32.8 Å². The summed E-state index contributed by atoms with van der Waals surface area (Å²) in [4.78, 5) is 61.6. The number of fused-ring (bicyclic) bond motifs is 2. The van der Waals surface area contributed by atoms with E-state index in [-0.39, 0.29) is 35.2 Å². The normalized spacial score (nSPS) is 21.6. The molecule has 3 aliphatic rings. The highest BCUT2D eigenvalue weighted by molar-refractivity contribution is 8.18. The monoisotopic (exact) mass is 655 g/mol. The van der Waals surface area contributed by atoms with E-state index in [1.54, 1.807) is 36.4 Å². The minimum Gasteiger partial charge on any atom is -0.300 e. The maximum atomic E-state index is 13.1. The van der Waals surface area contributed by atoms with Crippen molar-refractivity contribution in [2.45, 2.75) is 41.8 Å². The van der Waals surface area contributed by atoms with E-state index >= 15 is 0 Å². The van der Waals surface area contributed by atoms with Crippen LogP contribution in [0.5, 0.6) is 0 Å². The molecular formula is C32H25N5O5S3.